The van der Waals surface area contributed by atoms with E-state index in [4.69, 9.17) is 0 Å². The van der Waals surface area contributed by atoms with Crippen LogP contribution in [0.4, 0.5) is 0 Å². The standard InChI is InChI=1S/C29H53NO4/c1-3-5-7-9-11-13-15-17-19-21-23-28(33)27(25-31)30-29(34)24-26(32)22-20-18-16-14-12-10-8-6-4-2/h10,12-13,15,21,23,26-28,31-33H,3-9,11,14,16-20,22,24-25H2,1-2H3,(H,30,34)/b12-10-,15-13+,23-21+. The molecule has 0 aromatic heterocycles. The first-order valence-corrected chi connectivity index (χ1v) is 13.8. The van der Waals surface area contributed by atoms with Crippen molar-refractivity contribution in [3.63, 3.8) is 0 Å². The third kappa shape index (κ3) is 21.1. The van der Waals surface area contributed by atoms with Crippen molar-refractivity contribution >= 4 is 5.91 Å². The van der Waals surface area contributed by atoms with E-state index in [9.17, 15) is 20.1 Å². The molecule has 34 heavy (non-hydrogen) atoms. The van der Waals surface area contributed by atoms with Gasteiger partial charge < -0.3 is 20.6 Å². The van der Waals surface area contributed by atoms with Crippen LogP contribution in [0.25, 0.3) is 0 Å². The number of hydrogen-bond acceptors (Lipinski definition) is 4. The van der Waals surface area contributed by atoms with E-state index >= 15 is 0 Å². The molecule has 0 aliphatic heterocycles. The fourth-order valence-corrected chi connectivity index (χ4v) is 3.68. The monoisotopic (exact) mass is 479 g/mol. The molecule has 3 atom stereocenters. The number of rotatable bonds is 23. The average Bonchev–Trinajstić information content (AvgIpc) is 2.82. The summed E-state index contributed by atoms with van der Waals surface area (Å²) in [5.41, 5.74) is 0. The molecule has 0 radical (unpaired) electrons. The van der Waals surface area contributed by atoms with Gasteiger partial charge in [0, 0.05) is 0 Å². The van der Waals surface area contributed by atoms with Crippen molar-refractivity contribution in [3.8, 4) is 0 Å². The maximum absolute atomic E-state index is 12.2. The summed E-state index contributed by atoms with van der Waals surface area (Å²) < 4.78 is 0. The van der Waals surface area contributed by atoms with Gasteiger partial charge in [-0.25, -0.2) is 0 Å². The lowest BCUT2D eigenvalue weighted by atomic mass is 10.1. The molecule has 0 fully saturated rings. The Labute approximate surface area is 209 Å². The number of amides is 1. The normalized spacial score (nSPS) is 14.9. The summed E-state index contributed by atoms with van der Waals surface area (Å²) in [6.07, 6.45) is 26.9. The summed E-state index contributed by atoms with van der Waals surface area (Å²) in [4.78, 5) is 12.2. The van der Waals surface area contributed by atoms with E-state index < -0.39 is 18.2 Å². The Hall–Kier alpha value is -1.43. The van der Waals surface area contributed by atoms with E-state index in [-0.39, 0.29) is 18.9 Å². The van der Waals surface area contributed by atoms with Crippen molar-refractivity contribution in [2.24, 2.45) is 0 Å². The molecule has 1 amide bonds. The molecule has 0 saturated heterocycles. The van der Waals surface area contributed by atoms with E-state index in [1.165, 1.54) is 38.5 Å². The van der Waals surface area contributed by atoms with Gasteiger partial charge in [0.15, 0.2) is 0 Å². The Kier molecular flexibility index (Phi) is 23.6. The fraction of sp³-hybridized carbons (Fsp3) is 0.759. The van der Waals surface area contributed by atoms with Crippen LogP contribution in [-0.4, -0.2) is 46.1 Å². The Morgan fingerprint density at radius 1 is 0.735 bits per heavy atom. The summed E-state index contributed by atoms with van der Waals surface area (Å²) in [6, 6.07) is -0.760. The van der Waals surface area contributed by atoms with Gasteiger partial charge in [0.2, 0.25) is 5.91 Å². The van der Waals surface area contributed by atoms with Crippen LogP contribution in [0.3, 0.4) is 0 Å². The van der Waals surface area contributed by atoms with Gasteiger partial charge in [-0.3, -0.25) is 4.79 Å². The first-order chi connectivity index (χ1) is 16.5. The fourth-order valence-electron chi connectivity index (χ4n) is 3.68. The maximum atomic E-state index is 12.2. The number of carbonyl (C=O) groups is 1. The molecule has 3 unspecified atom stereocenters. The van der Waals surface area contributed by atoms with Crippen molar-refractivity contribution in [2.75, 3.05) is 6.61 Å². The topological polar surface area (TPSA) is 89.8 Å². The highest BCUT2D eigenvalue weighted by Gasteiger charge is 2.19. The lowest BCUT2D eigenvalue weighted by Crippen LogP contribution is -2.45. The molecule has 0 aromatic rings. The van der Waals surface area contributed by atoms with E-state index in [1.807, 2.05) is 6.08 Å². The summed E-state index contributed by atoms with van der Waals surface area (Å²) in [5, 5.41) is 32.6. The second-order valence-corrected chi connectivity index (χ2v) is 9.28. The average molecular weight is 480 g/mol. The Bertz CT molecular complexity index is 544. The molecular formula is C29H53NO4. The molecule has 5 nitrogen and oxygen atoms in total. The van der Waals surface area contributed by atoms with Crippen molar-refractivity contribution in [1.82, 2.24) is 5.32 Å². The number of allylic oxidation sites excluding steroid dienone is 5. The van der Waals surface area contributed by atoms with Crippen molar-refractivity contribution < 1.29 is 20.1 Å². The van der Waals surface area contributed by atoms with Crippen LogP contribution in [0.1, 0.15) is 117 Å². The largest absolute Gasteiger partial charge is 0.394 e. The zero-order valence-corrected chi connectivity index (χ0v) is 22.0. The number of aliphatic hydroxyl groups is 3. The zero-order chi connectivity index (χ0) is 25.3. The van der Waals surface area contributed by atoms with Crippen LogP contribution in [0, 0.1) is 0 Å². The second-order valence-electron chi connectivity index (χ2n) is 9.28. The van der Waals surface area contributed by atoms with Gasteiger partial charge in [0.1, 0.15) is 0 Å². The van der Waals surface area contributed by atoms with Crippen molar-refractivity contribution in [1.29, 1.82) is 0 Å². The molecule has 5 heteroatoms. The molecule has 0 aromatic carbocycles. The van der Waals surface area contributed by atoms with Crippen LogP contribution in [0.2, 0.25) is 0 Å². The van der Waals surface area contributed by atoms with Gasteiger partial charge in [0.25, 0.3) is 0 Å². The van der Waals surface area contributed by atoms with Crippen molar-refractivity contribution in [3.05, 3.63) is 36.5 Å². The van der Waals surface area contributed by atoms with E-state index in [2.05, 4.69) is 43.5 Å². The van der Waals surface area contributed by atoms with Gasteiger partial charge in [-0.15, -0.1) is 0 Å². The molecule has 0 saturated carbocycles. The van der Waals surface area contributed by atoms with Crippen LogP contribution in [0.5, 0.6) is 0 Å². The molecule has 0 spiro atoms. The highest BCUT2D eigenvalue weighted by Crippen LogP contribution is 2.10. The summed E-state index contributed by atoms with van der Waals surface area (Å²) in [7, 11) is 0. The molecule has 4 N–H and O–H groups in total. The first-order valence-electron chi connectivity index (χ1n) is 13.8. The molecular weight excluding hydrogens is 426 g/mol. The lowest BCUT2D eigenvalue weighted by Gasteiger charge is -2.20. The van der Waals surface area contributed by atoms with Crippen LogP contribution in [-0.2, 0) is 4.79 Å². The summed E-state index contributed by atoms with van der Waals surface area (Å²) in [5.74, 6) is -0.344. The number of hydrogen-bond donors (Lipinski definition) is 4. The summed E-state index contributed by atoms with van der Waals surface area (Å²) >= 11 is 0. The molecule has 0 aliphatic rings. The van der Waals surface area contributed by atoms with E-state index in [1.54, 1.807) is 6.08 Å². The Balaban J connectivity index is 3.97. The van der Waals surface area contributed by atoms with Gasteiger partial charge in [0.05, 0.1) is 31.3 Å². The third-order valence-corrected chi connectivity index (χ3v) is 5.90. The predicted molar refractivity (Wildman–Crippen MR) is 144 cm³/mol. The number of unbranched alkanes of at least 4 members (excludes halogenated alkanes) is 10. The smallest absolute Gasteiger partial charge is 0.222 e. The Morgan fingerprint density at radius 3 is 1.91 bits per heavy atom. The van der Waals surface area contributed by atoms with E-state index in [0.717, 1.165) is 51.4 Å². The van der Waals surface area contributed by atoms with Crippen LogP contribution in [0.15, 0.2) is 36.5 Å². The van der Waals surface area contributed by atoms with Gasteiger partial charge in [-0.05, 0) is 51.4 Å². The highest BCUT2D eigenvalue weighted by atomic mass is 16.3. The Morgan fingerprint density at radius 2 is 1.29 bits per heavy atom. The number of carbonyl (C=O) groups excluding carboxylic acids is 1. The molecule has 198 valence electrons. The minimum Gasteiger partial charge on any atom is -0.394 e. The third-order valence-electron chi connectivity index (χ3n) is 5.90. The minimum absolute atomic E-state index is 0.00704. The predicted octanol–water partition coefficient (Wildman–Crippen LogP) is 6.14. The minimum atomic E-state index is -0.950. The first kappa shape index (κ1) is 32.6. The second kappa shape index (κ2) is 24.7. The lowest BCUT2D eigenvalue weighted by molar-refractivity contribution is -0.124. The van der Waals surface area contributed by atoms with Gasteiger partial charge >= 0.3 is 0 Å². The molecule has 0 bridgehead atoms. The van der Waals surface area contributed by atoms with Gasteiger partial charge in [-0.1, -0.05) is 95.2 Å². The van der Waals surface area contributed by atoms with E-state index in [0.29, 0.717) is 6.42 Å². The number of nitrogens with one attached hydrogen (secondary N) is 1. The van der Waals surface area contributed by atoms with Crippen LogP contribution < -0.4 is 5.32 Å². The quantitative estimate of drug-likeness (QED) is 0.105. The number of aliphatic hydroxyl groups excluding tert-OH is 3. The van der Waals surface area contributed by atoms with Crippen LogP contribution >= 0.6 is 0 Å². The molecule has 0 heterocycles. The van der Waals surface area contributed by atoms with Gasteiger partial charge in [-0.2, -0.15) is 0 Å². The zero-order valence-electron chi connectivity index (χ0n) is 22.0. The van der Waals surface area contributed by atoms with Crippen molar-refractivity contribution in [2.45, 2.75) is 135 Å². The molecule has 0 aliphatic carbocycles. The summed E-state index contributed by atoms with van der Waals surface area (Å²) in [6.45, 7) is 4.06. The maximum Gasteiger partial charge on any atom is 0.222 e. The molecule has 0 rings (SSSR count). The SMILES string of the molecule is CCCC/C=C\CCCCCC(O)CC(=O)NC(CO)C(O)/C=C/CC/C=C/CCCCCC. The highest BCUT2D eigenvalue weighted by molar-refractivity contribution is 5.76.